The topological polar surface area (TPSA) is 65.0 Å². The molecule has 0 aliphatic heterocycles. The van der Waals surface area contributed by atoms with Gasteiger partial charge in [-0.15, -0.1) is 0 Å². The molecule has 2 aromatic rings. The van der Waals surface area contributed by atoms with Crippen LogP contribution in [0.25, 0.3) is 0 Å². The fourth-order valence-electron chi connectivity index (χ4n) is 1.37. The van der Waals surface area contributed by atoms with Crippen molar-refractivity contribution in [2.75, 3.05) is 0 Å². The van der Waals surface area contributed by atoms with Crippen molar-refractivity contribution in [2.24, 2.45) is 4.76 Å². The summed E-state index contributed by atoms with van der Waals surface area (Å²) in [6, 6.07) is 12.0. The Labute approximate surface area is 130 Å². The zero-order chi connectivity index (χ0) is 15.3. The summed E-state index contributed by atoms with van der Waals surface area (Å²) in [6.45, 7) is 0. The molecule has 0 amide bonds. The van der Waals surface area contributed by atoms with E-state index in [2.05, 4.69) is 4.76 Å². The van der Waals surface area contributed by atoms with Crippen LogP contribution in [0.15, 0.2) is 53.3 Å². The monoisotopic (exact) mass is 343 g/mol. The summed E-state index contributed by atoms with van der Waals surface area (Å²) in [4.78, 5) is 10.4. The molecule has 21 heavy (non-hydrogen) atoms. The van der Waals surface area contributed by atoms with E-state index in [0.29, 0.717) is 10.0 Å². The Morgan fingerprint density at radius 1 is 0.857 bits per heavy atom. The van der Waals surface area contributed by atoms with E-state index in [1.54, 1.807) is 0 Å². The number of hydrogen-bond donors (Lipinski definition) is 0. The molecule has 0 saturated heterocycles. The number of nitrogens with zero attached hydrogens (tertiary/aromatic N) is 1. The van der Waals surface area contributed by atoms with Crippen molar-refractivity contribution in [3.63, 3.8) is 0 Å². The Bertz CT molecular complexity index is 660. The van der Waals surface area contributed by atoms with Crippen LogP contribution in [-0.2, 0) is 9.36 Å². The minimum Gasteiger partial charge on any atom is -0.399 e. The lowest BCUT2D eigenvalue weighted by atomic mass is 10.3. The number of isocyanates is 1. The van der Waals surface area contributed by atoms with Crippen LogP contribution in [0.2, 0.25) is 10.0 Å². The van der Waals surface area contributed by atoms with Gasteiger partial charge in [0.05, 0.1) is 0 Å². The highest BCUT2D eigenvalue weighted by Gasteiger charge is 2.28. The van der Waals surface area contributed by atoms with Crippen molar-refractivity contribution in [1.29, 1.82) is 0 Å². The SMILES string of the molecule is O=C=NP(=O)(Oc1ccc(Cl)cc1)Oc1ccc(Cl)cc1. The van der Waals surface area contributed by atoms with Crippen molar-refractivity contribution in [3.05, 3.63) is 58.6 Å². The van der Waals surface area contributed by atoms with E-state index in [4.69, 9.17) is 32.2 Å². The van der Waals surface area contributed by atoms with Crippen LogP contribution >= 0.6 is 30.9 Å². The fraction of sp³-hybridized carbons (Fsp3) is 0. The van der Waals surface area contributed by atoms with Crippen LogP contribution in [0.5, 0.6) is 11.5 Å². The third-order valence-corrected chi connectivity index (χ3v) is 3.95. The molecule has 0 spiro atoms. The van der Waals surface area contributed by atoms with Crippen molar-refractivity contribution in [3.8, 4) is 11.5 Å². The summed E-state index contributed by atoms with van der Waals surface area (Å²) in [5.74, 6) is 0.381. The van der Waals surface area contributed by atoms with Crippen LogP contribution in [-0.4, -0.2) is 6.08 Å². The predicted molar refractivity (Wildman–Crippen MR) is 79.9 cm³/mol. The summed E-state index contributed by atoms with van der Waals surface area (Å²) in [5.41, 5.74) is 0. The number of carbonyl (C=O) groups excluding carboxylic acids is 1. The van der Waals surface area contributed by atoms with E-state index in [1.807, 2.05) is 0 Å². The molecule has 0 aromatic heterocycles. The molecule has 0 N–H and O–H groups in total. The molecular weight excluding hydrogens is 336 g/mol. The number of hydrogen-bond acceptors (Lipinski definition) is 4. The molecule has 0 bridgehead atoms. The molecule has 0 aliphatic carbocycles. The second-order valence-electron chi connectivity index (χ2n) is 3.75. The first-order valence-corrected chi connectivity index (χ1v) is 7.86. The largest absolute Gasteiger partial charge is 0.574 e. The third kappa shape index (κ3) is 4.62. The predicted octanol–water partition coefficient (Wildman–Crippen LogP) is 4.90. The van der Waals surface area contributed by atoms with Gasteiger partial charge >= 0.3 is 7.75 Å². The maximum atomic E-state index is 12.4. The first-order valence-electron chi connectivity index (χ1n) is 5.60. The van der Waals surface area contributed by atoms with Crippen molar-refractivity contribution >= 4 is 37.0 Å². The van der Waals surface area contributed by atoms with Crippen LogP contribution in [0.1, 0.15) is 0 Å². The normalized spacial score (nSPS) is 10.6. The Morgan fingerprint density at radius 3 is 1.57 bits per heavy atom. The van der Waals surface area contributed by atoms with Crippen LogP contribution in [0.4, 0.5) is 0 Å². The molecule has 0 heterocycles. The Kier molecular flexibility index (Phi) is 5.05. The van der Waals surface area contributed by atoms with E-state index in [1.165, 1.54) is 54.6 Å². The van der Waals surface area contributed by atoms with Crippen LogP contribution in [0, 0.1) is 0 Å². The average Bonchev–Trinajstić information content (AvgIpc) is 2.44. The van der Waals surface area contributed by atoms with Gasteiger partial charge < -0.3 is 9.05 Å². The van der Waals surface area contributed by atoms with Gasteiger partial charge in [-0.1, -0.05) is 28.0 Å². The van der Waals surface area contributed by atoms with Crippen molar-refractivity contribution in [2.45, 2.75) is 0 Å². The molecule has 8 heteroatoms. The van der Waals surface area contributed by atoms with E-state index >= 15 is 0 Å². The lowest BCUT2D eigenvalue weighted by Crippen LogP contribution is -1.98. The van der Waals surface area contributed by atoms with Gasteiger partial charge in [0.2, 0.25) is 6.08 Å². The molecule has 2 aromatic carbocycles. The molecule has 0 fully saturated rings. The molecule has 0 radical (unpaired) electrons. The van der Waals surface area contributed by atoms with E-state index in [9.17, 15) is 9.36 Å². The van der Waals surface area contributed by atoms with Gasteiger partial charge in [0.25, 0.3) is 0 Å². The highest BCUT2D eigenvalue weighted by atomic mass is 35.5. The van der Waals surface area contributed by atoms with Gasteiger partial charge in [0.1, 0.15) is 11.5 Å². The van der Waals surface area contributed by atoms with Gasteiger partial charge in [0.15, 0.2) is 0 Å². The first-order chi connectivity index (χ1) is 10.0. The quantitative estimate of drug-likeness (QED) is 0.440. The summed E-state index contributed by atoms with van der Waals surface area (Å²) >= 11 is 11.5. The second kappa shape index (κ2) is 6.79. The minimum absolute atomic E-state index is 0.190. The molecule has 2 rings (SSSR count). The summed E-state index contributed by atoms with van der Waals surface area (Å²) in [7, 11) is -4.08. The second-order valence-corrected chi connectivity index (χ2v) is 6.13. The zero-order valence-electron chi connectivity index (χ0n) is 10.4. The fourth-order valence-corrected chi connectivity index (χ4v) is 2.61. The smallest absolute Gasteiger partial charge is 0.399 e. The molecule has 108 valence electrons. The average molecular weight is 344 g/mol. The molecule has 5 nitrogen and oxygen atoms in total. The van der Waals surface area contributed by atoms with Crippen molar-refractivity contribution in [1.82, 2.24) is 0 Å². The standard InChI is InChI=1S/C13H8Cl2NO4P/c14-10-1-5-12(6-2-10)19-21(18,16-9-17)20-13-7-3-11(15)4-8-13/h1-8H. The molecular formula is C13H8Cl2NO4P. The zero-order valence-corrected chi connectivity index (χ0v) is 12.8. The summed E-state index contributed by atoms with van der Waals surface area (Å²) < 4.78 is 25.8. The Hall–Kier alpha value is -1.77. The van der Waals surface area contributed by atoms with Gasteiger partial charge in [-0.2, -0.15) is 0 Å². The highest BCUT2D eigenvalue weighted by molar-refractivity contribution is 7.53. The highest BCUT2D eigenvalue weighted by Crippen LogP contribution is 2.49. The van der Waals surface area contributed by atoms with Crippen LogP contribution < -0.4 is 9.05 Å². The summed E-state index contributed by atoms with van der Waals surface area (Å²) in [6.07, 6.45) is 1.18. The lowest BCUT2D eigenvalue weighted by molar-refractivity contribution is 0.387. The van der Waals surface area contributed by atoms with E-state index in [0.717, 1.165) is 0 Å². The maximum absolute atomic E-state index is 12.4. The number of rotatable bonds is 5. The van der Waals surface area contributed by atoms with Crippen LogP contribution in [0.3, 0.4) is 0 Å². The molecule has 0 atom stereocenters. The van der Waals surface area contributed by atoms with Gasteiger partial charge in [-0.3, -0.25) is 0 Å². The van der Waals surface area contributed by atoms with Gasteiger partial charge in [-0.25, -0.2) is 9.36 Å². The number of halogens is 2. The number of benzene rings is 2. The minimum atomic E-state index is -4.08. The lowest BCUT2D eigenvalue weighted by Gasteiger charge is -2.14. The Morgan fingerprint density at radius 2 is 1.24 bits per heavy atom. The molecule has 0 saturated carbocycles. The first kappa shape index (κ1) is 15.6. The van der Waals surface area contributed by atoms with Crippen molar-refractivity contribution < 1.29 is 18.4 Å². The Balaban J connectivity index is 2.23. The van der Waals surface area contributed by atoms with Gasteiger partial charge in [-0.05, 0) is 48.5 Å². The maximum Gasteiger partial charge on any atom is 0.574 e. The van der Waals surface area contributed by atoms with Gasteiger partial charge in [0, 0.05) is 10.0 Å². The van der Waals surface area contributed by atoms with E-state index < -0.39 is 7.75 Å². The molecule has 0 unspecified atom stereocenters. The summed E-state index contributed by atoms with van der Waals surface area (Å²) in [5, 5.41) is 0.962. The van der Waals surface area contributed by atoms with E-state index in [-0.39, 0.29) is 11.5 Å². The molecule has 0 aliphatic rings. The third-order valence-electron chi connectivity index (χ3n) is 2.23.